The van der Waals surface area contributed by atoms with Gasteiger partial charge < -0.3 is 15.5 Å². The molecule has 1 aromatic heterocycles. The van der Waals surface area contributed by atoms with Crippen LogP contribution in [0.15, 0.2) is 28.7 Å². The number of hydrogen-bond donors (Lipinski definition) is 2. The summed E-state index contributed by atoms with van der Waals surface area (Å²) in [6.07, 6.45) is 7.67. The normalized spacial score (nSPS) is 19.2. The van der Waals surface area contributed by atoms with Gasteiger partial charge in [0.1, 0.15) is 5.76 Å². The van der Waals surface area contributed by atoms with Crippen molar-refractivity contribution < 1.29 is 9.21 Å². The second kappa shape index (κ2) is 5.68. The third-order valence-electron chi connectivity index (χ3n) is 3.02. The summed E-state index contributed by atoms with van der Waals surface area (Å²) in [5, 5.41) is 2.90. The summed E-state index contributed by atoms with van der Waals surface area (Å²) in [7, 11) is 0. The summed E-state index contributed by atoms with van der Waals surface area (Å²) in [4.78, 5) is 11.8. The molecule has 1 atom stereocenters. The number of hydrogen-bond acceptors (Lipinski definition) is 3. The van der Waals surface area contributed by atoms with Gasteiger partial charge in [0.2, 0.25) is 0 Å². The number of allylic oxidation sites excluding steroid dienone is 2. The van der Waals surface area contributed by atoms with Gasteiger partial charge in [-0.15, -0.1) is 0 Å². The van der Waals surface area contributed by atoms with Crippen molar-refractivity contribution in [2.24, 2.45) is 11.7 Å². The van der Waals surface area contributed by atoms with E-state index in [1.54, 1.807) is 12.1 Å². The molecule has 1 aliphatic carbocycles. The topological polar surface area (TPSA) is 68.3 Å². The summed E-state index contributed by atoms with van der Waals surface area (Å²) < 4.78 is 5.28. The highest BCUT2D eigenvalue weighted by Crippen LogP contribution is 2.17. The molecule has 0 radical (unpaired) electrons. The quantitative estimate of drug-likeness (QED) is 0.781. The molecule has 1 heterocycles. The van der Waals surface area contributed by atoms with E-state index in [2.05, 4.69) is 17.5 Å². The van der Waals surface area contributed by atoms with E-state index in [9.17, 15) is 4.79 Å². The molecule has 0 saturated carbocycles. The molecule has 1 amide bonds. The lowest BCUT2D eigenvalue weighted by atomic mass is 9.94. The molecule has 0 saturated heterocycles. The smallest absolute Gasteiger partial charge is 0.287 e. The third kappa shape index (κ3) is 3.20. The lowest BCUT2D eigenvalue weighted by molar-refractivity contribution is 0.0916. The molecule has 1 aliphatic rings. The fraction of sp³-hybridized carbons (Fsp3) is 0.462. The first-order valence-corrected chi connectivity index (χ1v) is 6.01. The second-order valence-corrected chi connectivity index (χ2v) is 4.33. The van der Waals surface area contributed by atoms with Crippen LogP contribution in [0, 0.1) is 5.92 Å². The number of rotatable bonds is 4. The zero-order valence-electron chi connectivity index (χ0n) is 9.82. The molecule has 2 rings (SSSR count). The lowest BCUT2D eigenvalue weighted by Gasteiger charge is -2.17. The highest BCUT2D eigenvalue weighted by molar-refractivity contribution is 5.91. The van der Waals surface area contributed by atoms with E-state index in [1.165, 1.54) is 0 Å². The van der Waals surface area contributed by atoms with E-state index >= 15 is 0 Å². The number of amides is 1. The zero-order chi connectivity index (χ0) is 12.1. The van der Waals surface area contributed by atoms with Gasteiger partial charge in [-0.05, 0) is 37.3 Å². The Bertz CT molecular complexity index is 409. The molecule has 0 spiro atoms. The summed E-state index contributed by atoms with van der Waals surface area (Å²) in [5.74, 6) is 1.37. The van der Waals surface area contributed by atoms with Crippen LogP contribution in [0.25, 0.3) is 0 Å². The van der Waals surface area contributed by atoms with Crippen LogP contribution in [-0.2, 0) is 6.54 Å². The largest absolute Gasteiger partial charge is 0.455 e. The Labute approximate surface area is 101 Å². The van der Waals surface area contributed by atoms with Crippen LogP contribution < -0.4 is 11.1 Å². The van der Waals surface area contributed by atoms with E-state index in [0.29, 0.717) is 30.5 Å². The van der Waals surface area contributed by atoms with Crippen molar-refractivity contribution in [2.75, 3.05) is 6.54 Å². The van der Waals surface area contributed by atoms with Crippen LogP contribution in [0.3, 0.4) is 0 Å². The molecule has 1 unspecified atom stereocenters. The first-order valence-electron chi connectivity index (χ1n) is 6.01. The van der Waals surface area contributed by atoms with Crippen LogP contribution >= 0.6 is 0 Å². The van der Waals surface area contributed by atoms with E-state index < -0.39 is 0 Å². The average molecular weight is 234 g/mol. The van der Waals surface area contributed by atoms with Gasteiger partial charge >= 0.3 is 0 Å². The van der Waals surface area contributed by atoms with Crippen LogP contribution in [0.4, 0.5) is 0 Å². The van der Waals surface area contributed by atoms with Crippen molar-refractivity contribution in [2.45, 2.75) is 25.8 Å². The molecule has 0 aliphatic heterocycles. The lowest BCUT2D eigenvalue weighted by Crippen LogP contribution is -2.29. The highest BCUT2D eigenvalue weighted by atomic mass is 16.4. The van der Waals surface area contributed by atoms with Gasteiger partial charge in [-0.25, -0.2) is 0 Å². The van der Waals surface area contributed by atoms with Gasteiger partial charge in [0.25, 0.3) is 5.91 Å². The van der Waals surface area contributed by atoms with Gasteiger partial charge in [0.05, 0.1) is 6.54 Å². The van der Waals surface area contributed by atoms with E-state index in [-0.39, 0.29) is 5.91 Å². The standard InChI is InChI=1S/C13H18N2O2/c14-8-11-6-7-12(17-11)13(16)15-9-10-4-2-1-3-5-10/h1-2,6-7,10H,3-5,8-9,14H2,(H,15,16). The SMILES string of the molecule is NCc1ccc(C(=O)NCC2CC=CCC2)o1. The third-order valence-corrected chi connectivity index (χ3v) is 3.02. The van der Waals surface area contributed by atoms with Crippen molar-refractivity contribution in [3.8, 4) is 0 Å². The molecule has 92 valence electrons. The molecular weight excluding hydrogens is 216 g/mol. The minimum atomic E-state index is -0.153. The van der Waals surface area contributed by atoms with Gasteiger partial charge in [0, 0.05) is 6.54 Å². The molecule has 0 bridgehead atoms. The predicted molar refractivity (Wildman–Crippen MR) is 65.4 cm³/mol. The summed E-state index contributed by atoms with van der Waals surface area (Å²) in [6, 6.07) is 3.40. The van der Waals surface area contributed by atoms with Crippen molar-refractivity contribution in [3.05, 3.63) is 35.8 Å². The molecule has 4 nitrogen and oxygen atoms in total. The van der Waals surface area contributed by atoms with E-state index in [4.69, 9.17) is 10.2 Å². The Morgan fingerprint density at radius 1 is 1.47 bits per heavy atom. The molecule has 3 N–H and O–H groups in total. The van der Waals surface area contributed by atoms with Gasteiger partial charge in [-0.1, -0.05) is 12.2 Å². The maximum absolute atomic E-state index is 11.8. The van der Waals surface area contributed by atoms with Crippen molar-refractivity contribution in [1.82, 2.24) is 5.32 Å². The minimum Gasteiger partial charge on any atom is -0.455 e. The van der Waals surface area contributed by atoms with Gasteiger partial charge in [-0.2, -0.15) is 0 Å². The fourth-order valence-corrected chi connectivity index (χ4v) is 1.98. The Kier molecular flexibility index (Phi) is 3.98. The second-order valence-electron chi connectivity index (χ2n) is 4.33. The summed E-state index contributed by atoms with van der Waals surface area (Å²) in [5.41, 5.74) is 5.42. The molecule has 4 heteroatoms. The van der Waals surface area contributed by atoms with E-state index in [0.717, 1.165) is 19.3 Å². The van der Waals surface area contributed by atoms with Crippen LogP contribution in [0.5, 0.6) is 0 Å². The first kappa shape index (κ1) is 11.9. The fourth-order valence-electron chi connectivity index (χ4n) is 1.98. The van der Waals surface area contributed by atoms with Crippen molar-refractivity contribution >= 4 is 5.91 Å². The Morgan fingerprint density at radius 2 is 2.35 bits per heavy atom. The zero-order valence-corrected chi connectivity index (χ0v) is 9.82. The Morgan fingerprint density at radius 3 is 3.00 bits per heavy atom. The molecular formula is C13H18N2O2. The van der Waals surface area contributed by atoms with Gasteiger partial charge in [-0.3, -0.25) is 4.79 Å². The predicted octanol–water partition coefficient (Wildman–Crippen LogP) is 1.82. The van der Waals surface area contributed by atoms with Crippen LogP contribution in [0.2, 0.25) is 0 Å². The maximum atomic E-state index is 11.8. The van der Waals surface area contributed by atoms with E-state index in [1.807, 2.05) is 0 Å². The average Bonchev–Trinajstić information content (AvgIpc) is 2.86. The number of furan rings is 1. The number of nitrogens with two attached hydrogens (primary N) is 1. The van der Waals surface area contributed by atoms with Crippen LogP contribution in [0.1, 0.15) is 35.6 Å². The van der Waals surface area contributed by atoms with Gasteiger partial charge in [0.15, 0.2) is 5.76 Å². The summed E-state index contributed by atoms with van der Waals surface area (Å²) in [6.45, 7) is 1.03. The number of carbonyl (C=O) groups excluding carboxylic acids is 1. The number of nitrogens with one attached hydrogen (secondary N) is 1. The molecule has 0 fully saturated rings. The van der Waals surface area contributed by atoms with Crippen LogP contribution in [-0.4, -0.2) is 12.5 Å². The number of carbonyl (C=O) groups is 1. The highest BCUT2D eigenvalue weighted by Gasteiger charge is 2.14. The first-order chi connectivity index (χ1) is 8.29. The Balaban J connectivity index is 1.82. The maximum Gasteiger partial charge on any atom is 0.287 e. The summed E-state index contributed by atoms with van der Waals surface area (Å²) >= 11 is 0. The van der Waals surface area contributed by atoms with Crippen molar-refractivity contribution in [3.63, 3.8) is 0 Å². The molecule has 0 aromatic carbocycles. The molecule has 17 heavy (non-hydrogen) atoms. The minimum absolute atomic E-state index is 0.153. The van der Waals surface area contributed by atoms with Crippen molar-refractivity contribution in [1.29, 1.82) is 0 Å². The Hall–Kier alpha value is -1.55. The molecule has 1 aromatic rings. The monoisotopic (exact) mass is 234 g/mol.